The number of likely N-dealkylation sites (N-methyl/N-ethyl adjacent to an activating group) is 1. The Kier molecular flexibility index (Phi) is 8.18. The molecule has 1 atom stereocenters. The zero-order valence-electron chi connectivity index (χ0n) is 18.5. The molecule has 2 aromatic rings. The first-order chi connectivity index (χ1) is 14.8. The molecule has 1 aliphatic rings. The number of allylic oxidation sites excluding steroid dienone is 4. The first kappa shape index (κ1) is 23.8. The molecule has 164 valence electrons. The first-order valence-corrected chi connectivity index (χ1v) is 15.6. The number of rotatable bonds is 8. The van der Waals surface area contributed by atoms with Crippen molar-refractivity contribution in [2.45, 2.75) is 35.7 Å². The number of nitrogens with zero attached hydrogens (tertiary/aromatic N) is 2. The van der Waals surface area contributed by atoms with Gasteiger partial charge >= 0.3 is 194 Å². The average Bonchev–Trinajstić information content (AvgIpc) is 3.23. The van der Waals surface area contributed by atoms with Crippen molar-refractivity contribution in [3.8, 4) is 0 Å². The van der Waals surface area contributed by atoms with E-state index in [-0.39, 0.29) is 4.90 Å². The molecule has 0 saturated heterocycles. The molecule has 0 aliphatic heterocycles. The van der Waals surface area contributed by atoms with Crippen LogP contribution in [0, 0.1) is 6.92 Å². The van der Waals surface area contributed by atoms with E-state index in [0.29, 0.717) is 10.5 Å². The summed E-state index contributed by atoms with van der Waals surface area (Å²) < 4.78 is 32.5. The van der Waals surface area contributed by atoms with E-state index in [2.05, 4.69) is 52.8 Å². The standard InChI is InChI=1S/C25H30N2O2STe/c1-20-12-15-24(16-13-20)30(28,29)26-31(18-8-11-22-9-6-5-7-10-22)25-17-14-23(19-25)21(2)27(3)4/h5-13,15-17,19,21H,14,18H2,1-4H3/b11-8+. The van der Waals surface area contributed by atoms with Crippen LogP contribution in [0.1, 0.15) is 24.5 Å². The monoisotopic (exact) mass is 552 g/mol. The molecular weight excluding hydrogens is 520 g/mol. The molecule has 0 fully saturated rings. The van der Waals surface area contributed by atoms with Crippen molar-refractivity contribution < 1.29 is 8.42 Å². The second-order valence-electron chi connectivity index (χ2n) is 7.88. The molecule has 1 aliphatic carbocycles. The van der Waals surface area contributed by atoms with Crippen molar-refractivity contribution in [3.05, 3.63) is 93.1 Å². The van der Waals surface area contributed by atoms with Crippen molar-refractivity contribution in [1.82, 2.24) is 4.90 Å². The van der Waals surface area contributed by atoms with Crippen molar-refractivity contribution in [2.75, 3.05) is 14.1 Å². The third kappa shape index (κ3) is 6.57. The van der Waals surface area contributed by atoms with Gasteiger partial charge in [0.05, 0.1) is 0 Å². The summed E-state index contributed by atoms with van der Waals surface area (Å²) in [5, 5.41) is 0. The predicted octanol–water partition coefficient (Wildman–Crippen LogP) is 5.40. The van der Waals surface area contributed by atoms with E-state index in [1.807, 2.05) is 49.4 Å². The molecule has 0 N–H and O–H groups in total. The molecule has 0 bridgehead atoms. The van der Waals surface area contributed by atoms with E-state index < -0.39 is 29.4 Å². The van der Waals surface area contributed by atoms with Gasteiger partial charge in [-0.15, -0.1) is 0 Å². The van der Waals surface area contributed by atoms with Crippen LogP contribution in [-0.2, 0) is 10.0 Å². The SMILES string of the molecule is Cc1ccc(S(=O)(=O)/N=[Te](\C/C=C/c2ccccc2)C2=CCC(C(C)N(C)C)=C2)cc1. The maximum absolute atomic E-state index is 13.1. The Morgan fingerprint density at radius 2 is 1.77 bits per heavy atom. The van der Waals surface area contributed by atoms with Crippen LogP contribution < -0.4 is 0 Å². The van der Waals surface area contributed by atoms with Crippen LogP contribution in [0.15, 0.2) is 89.5 Å². The second-order valence-corrected chi connectivity index (χ2v) is 15.1. The van der Waals surface area contributed by atoms with Gasteiger partial charge in [0.1, 0.15) is 0 Å². The van der Waals surface area contributed by atoms with Crippen LogP contribution in [0.5, 0.6) is 0 Å². The van der Waals surface area contributed by atoms with Crippen LogP contribution in [0.3, 0.4) is 0 Å². The van der Waals surface area contributed by atoms with Crippen LogP contribution in [-0.4, -0.2) is 52.8 Å². The third-order valence-electron chi connectivity index (χ3n) is 5.32. The van der Waals surface area contributed by atoms with Crippen LogP contribution in [0.25, 0.3) is 6.08 Å². The summed E-state index contributed by atoms with van der Waals surface area (Å²) in [6.45, 7) is 4.13. The van der Waals surface area contributed by atoms with Gasteiger partial charge in [0.15, 0.2) is 0 Å². The van der Waals surface area contributed by atoms with Crippen LogP contribution in [0.4, 0.5) is 0 Å². The Bertz CT molecular complexity index is 1130. The van der Waals surface area contributed by atoms with E-state index >= 15 is 0 Å². The Morgan fingerprint density at radius 1 is 1.10 bits per heavy atom. The Balaban J connectivity index is 1.93. The molecular formula is C25H30N2O2STe. The van der Waals surface area contributed by atoms with E-state index in [4.69, 9.17) is 0 Å². The molecule has 3 rings (SSSR count). The van der Waals surface area contributed by atoms with Gasteiger partial charge in [-0.25, -0.2) is 0 Å². The van der Waals surface area contributed by atoms with Gasteiger partial charge in [-0.1, -0.05) is 0 Å². The molecule has 0 aromatic heterocycles. The first-order valence-electron chi connectivity index (χ1n) is 10.3. The molecule has 0 spiro atoms. The Labute approximate surface area is 193 Å². The average molecular weight is 550 g/mol. The molecule has 4 nitrogen and oxygen atoms in total. The van der Waals surface area contributed by atoms with Crippen LogP contribution >= 0.6 is 0 Å². The normalized spacial score (nSPS) is 16.5. The van der Waals surface area contributed by atoms with Crippen molar-refractivity contribution >= 4 is 35.5 Å². The summed E-state index contributed by atoms with van der Waals surface area (Å²) >= 11 is -2.51. The topological polar surface area (TPSA) is 49.7 Å². The number of hydrogen-bond donors (Lipinski definition) is 0. The zero-order chi connectivity index (χ0) is 22.4. The van der Waals surface area contributed by atoms with E-state index in [1.54, 1.807) is 12.1 Å². The van der Waals surface area contributed by atoms with Crippen molar-refractivity contribution in [2.24, 2.45) is 2.59 Å². The summed E-state index contributed by atoms with van der Waals surface area (Å²) in [7, 11) is 0.454. The summed E-state index contributed by atoms with van der Waals surface area (Å²) in [5.41, 5.74) is 3.46. The molecule has 0 radical (unpaired) electrons. The number of benzene rings is 2. The van der Waals surface area contributed by atoms with Gasteiger partial charge in [-0.05, 0) is 0 Å². The van der Waals surface area contributed by atoms with Gasteiger partial charge in [-0.2, -0.15) is 0 Å². The van der Waals surface area contributed by atoms with E-state index in [0.717, 1.165) is 21.2 Å². The van der Waals surface area contributed by atoms with Crippen molar-refractivity contribution in [3.63, 3.8) is 0 Å². The molecule has 0 heterocycles. The molecule has 2 aromatic carbocycles. The van der Waals surface area contributed by atoms with Crippen molar-refractivity contribution in [1.29, 1.82) is 0 Å². The molecule has 0 amide bonds. The number of aryl methyl sites for hydroxylation is 1. The molecule has 0 saturated carbocycles. The van der Waals surface area contributed by atoms with Gasteiger partial charge < -0.3 is 0 Å². The summed E-state index contributed by atoms with van der Waals surface area (Å²) in [6.07, 6.45) is 9.41. The van der Waals surface area contributed by atoms with Crippen LogP contribution in [0.2, 0.25) is 4.47 Å². The molecule has 1 unspecified atom stereocenters. The van der Waals surface area contributed by atoms with E-state index in [1.165, 1.54) is 5.57 Å². The van der Waals surface area contributed by atoms with Gasteiger partial charge in [0, 0.05) is 0 Å². The Hall–Kier alpha value is -1.84. The van der Waals surface area contributed by atoms with Gasteiger partial charge in [-0.3, -0.25) is 0 Å². The summed E-state index contributed by atoms with van der Waals surface area (Å²) in [6, 6.07) is 17.4. The number of hydrogen-bond acceptors (Lipinski definition) is 3. The fourth-order valence-corrected chi connectivity index (χ4v) is 11.1. The fourth-order valence-electron chi connectivity index (χ4n) is 3.19. The van der Waals surface area contributed by atoms with E-state index in [9.17, 15) is 8.42 Å². The predicted molar refractivity (Wildman–Crippen MR) is 131 cm³/mol. The summed E-state index contributed by atoms with van der Waals surface area (Å²) in [4.78, 5) is 2.46. The Morgan fingerprint density at radius 3 is 2.42 bits per heavy atom. The second kappa shape index (κ2) is 10.7. The third-order valence-corrected chi connectivity index (χ3v) is 13.6. The quantitative estimate of drug-likeness (QED) is 0.414. The number of sulfonamides is 1. The minimum atomic E-state index is -3.68. The fraction of sp³-hybridized carbons (Fsp3) is 0.280. The summed E-state index contributed by atoms with van der Waals surface area (Å²) in [5.74, 6) is 0. The molecule has 31 heavy (non-hydrogen) atoms. The minimum absolute atomic E-state index is 0.278. The maximum atomic E-state index is 13.1. The van der Waals surface area contributed by atoms with Gasteiger partial charge in [0.2, 0.25) is 0 Å². The van der Waals surface area contributed by atoms with Gasteiger partial charge in [0.25, 0.3) is 0 Å². The molecule has 6 heteroatoms. The zero-order valence-corrected chi connectivity index (χ0v) is 21.7.